The third-order valence-corrected chi connectivity index (χ3v) is 3.52. The second-order valence-electron chi connectivity index (χ2n) is 4.56. The molecule has 0 N–H and O–H groups in total. The van der Waals surface area contributed by atoms with Gasteiger partial charge in [0.25, 0.3) is 0 Å². The summed E-state index contributed by atoms with van der Waals surface area (Å²) in [6.07, 6.45) is 4.41. The van der Waals surface area contributed by atoms with Gasteiger partial charge in [0.15, 0.2) is 11.5 Å². The second-order valence-corrected chi connectivity index (χ2v) is 4.56. The van der Waals surface area contributed by atoms with Gasteiger partial charge in [-0.15, -0.1) is 6.58 Å². The lowest BCUT2D eigenvalue weighted by Gasteiger charge is -2.24. The number of hydrogen-bond acceptors (Lipinski definition) is 3. The molecule has 1 atom stereocenters. The Morgan fingerprint density at radius 3 is 2.78 bits per heavy atom. The number of rotatable bonds is 5. The molecule has 0 saturated carbocycles. The molecular weight excluding hydrogens is 226 g/mol. The average molecular weight is 247 g/mol. The van der Waals surface area contributed by atoms with Gasteiger partial charge in [-0.3, -0.25) is 4.90 Å². The van der Waals surface area contributed by atoms with E-state index in [0.29, 0.717) is 6.04 Å². The topological polar surface area (TPSA) is 21.7 Å². The number of nitrogens with zero attached hydrogens (tertiary/aromatic N) is 1. The summed E-state index contributed by atoms with van der Waals surface area (Å²) in [7, 11) is 3.34. The van der Waals surface area contributed by atoms with Gasteiger partial charge in [0.05, 0.1) is 14.2 Å². The minimum absolute atomic E-state index is 0.475. The molecule has 2 rings (SSSR count). The van der Waals surface area contributed by atoms with Gasteiger partial charge in [-0.05, 0) is 37.1 Å². The molecule has 0 radical (unpaired) electrons. The molecule has 1 aliphatic rings. The Balaban J connectivity index is 2.24. The molecule has 18 heavy (non-hydrogen) atoms. The minimum Gasteiger partial charge on any atom is -0.493 e. The van der Waals surface area contributed by atoms with E-state index in [9.17, 15) is 0 Å². The number of benzene rings is 1. The Hall–Kier alpha value is -1.48. The Labute approximate surface area is 109 Å². The third-order valence-electron chi connectivity index (χ3n) is 3.52. The van der Waals surface area contributed by atoms with Crippen LogP contribution >= 0.6 is 0 Å². The first-order valence-corrected chi connectivity index (χ1v) is 6.37. The summed E-state index contributed by atoms with van der Waals surface area (Å²) < 4.78 is 10.6. The summed E-state index contributed by atoms with van der Waals surface area (Å²) in [5, 5.41) is 0. The van der Waals surface area contributed by atoms with Crippen molar-refractivity contribution in [2.75, 3.05) is 27.3 Å². The fourth-order valence-corrected chi connectivity index (χ4v) is 2.65. The molecular formula is C15H21NO2. The lowest BCUT2D eigenvalue weighted by Crippen LogP contribution is -2.23. The highest BCUT2D eigenvalue weighted by atomic mass is 16.5. The van der Waals surface area contributed by atoms with Crippen molar-refractivity contribution in [2.24, 2.45) is 0 Å². The van der Waals surface area contributed by atoms with E-state index in [1.807, 2.05) is 12.1 Å². The standard InChI is InChI=1S/C15H21NO2/c1-4-9-16-10-5-6-13(16)12-7-8-14(17-2)15(11-12)18-3/h4,7-8,11,13H,1,5-6,9-10H2,2-3H3. The van der Waals surface area contributed by atoms with E-state index >= 15 is 0 Å². The molecule has 0 spiro atoms. The van der Waals surface area contributed by atoms with Crippen molar-refractivity contribution in [3.63, 3.8) is 0 Å². The van der Waals surface area contributed by atoms with Gasteiger partial charge in [-0.1, -0.05) is 12.1 Å². The van der Waals surface area contributed by atoms with Crippen molar-refractivity contribution < 1.29 is 9.47 Å². The van der Waals surface area contributed by atoms with Crippen LogP contribution in [0.2, 0.25) is 0 Å². The predicted molar refractivity (Wildman–Crippen MR) is 73.3 cm³/mol. The maximum atomic E-state index is 5.37. The number of likely N-dealkylation sites (tertiary alicyclic amines) is 1. The van der Waals surface area contributed by atoms with Gasteiger partial charge >= 0.3 is 0 Å². The highest BCUT2D eigenvalue weighted by Gasteiger charge is 2.25. The Kier molecular flexibility index (Phi) is 4.26. The first-order chi connectivity index (χ1) is 8.80. The normalized spacial score (nSPS) is 19.8. The van der Waals surface area contributed by atoms with Crippen LogP contribution in [0.1, 0.15) is 24.4 Å². The van der Waals surface area contributed by atoms with Crippen LogP contribution in [-0.2, 0) is 0 Å². The molecule has 1 unspecified atom stereocenters. The number of ether oxygens (including phenoxy) is 2. The smallest absolute Gasteiger partial charge is 0.161 e. The molecule has 0 bridgehead atoms. The van der Waals surface area contributed by atoms with E-state index in [4.69, 9.17) is 9.47 Å². The van der Waals surface area contributed by atoms with Gasteiger partial charge in [-0.2, -0.15) is 0 Å². The predicted octanol–water partition coefficient (Wildman–Crippen LogP) is 3.03. The van der Waals surface area contributed by atoms with E-state index in [-0.39, 0.29) is 0 Å². The second kappa shape index (κ2) is 5.91. The molecule has 0 amide bonds. The van der Waals surface area contributed by atoms with Gasteiger partial charge in [0, 0.05) is 12.6 Å². The SMILES string of the molecule is C=CCN1CCCC1c1ccc(OC)c(OC)c1. The fourth-order valence-electron chi connectivity index (χ4n) is 2.65. The Morgan fingerprint density at radius 1 is 1.33 bits per heavy atom. The van der Waals surface area contributed by atoms with E-state index in [2.05, 4.69) is 23.6 Å². The fraction of sp³-hybridized carbons (Fsp3) is 0.467. The zero-order valence-corrected chi connectivity index (χ0v) is 11.2. The van der Waals surface area contributed by atoms with Crippen molar-refractivity contribution in [1.29, 1.82) is 0 Å². The van der Waals surface area contributed by atoms with Crippen LogP contribution in [0.25, 0.3) is 0 Å². The number of hydrogen-bond donors (Lipinski definition) is 0. The van der Waals surface area contributed by atoms with Crippen molar-refractivity contribution in [3.8, 4) is 11.5 Å². The molecule has 1 fully saturated rings. The highest BCUT2D eigenvalue weighted by molar-refractivity contribution is 5.44. The maximum Gasteiger partial charge on any atom is 0.161 e. The average Bonchev–Trinajstić information content (AvgIpc) is 2.86. The summed E-state index contributed by atoms with van der Waals surface area (Å²) in [5.41, 5.74) is 1.30. The van der Waals surface area contributed by atoms with E-state index < -0.39 is 0 Å². The zero-order valence-electron chi connectivity index (χ0n) is 11.2. The lowest BCUT2D eigenvalue weighted by molar-refractivity contribution is 0.284. The Morgan fingerprint density at radius 2 is 2.11 bits per heavy atom. The van der Waals surface area contributed by atoms with Crippen LogP contribution in [0.3, 0.4) is 0 Å². The monoisotopic (exact) mass is 247 g/mol. The van der Waals surface area contributed by atoms with Crippen molar-refractivity contribution in [1.82, 2.24) is 4.90 Å². The molecule has 1 saturated heterocycles. The number of methoxy groups -OCH3 is 2. The van der Waals surface area contributed by atoms with Crippen LogP contribution < -0.4 is 9.47 Å². The molecule has 0 aliphatic carbocycles. The molecule has 1 aliphatic heterocycles. The molecule has 1 aromatic rings. The lowest BCUT2D eigenvalue weighted by atomic mass is 10.0. The summed E-state index contributed by atoms with van der Waals surface area (Å²) in [4.78, 5) is 2.45. The van der Waals surface area contributed by atoms with Gasteiger partial charge < -0.3 is 9.47 Å². The molecule has 0 aromatic heterocycles. The van der Waals surface area contributed by atoms with E-state index in [1.54, 1.807) is 14.2 Å². The van der Waals surface area contributed by atoms with Gasteiger partial charge in [0.1, 0.15) is 0 Å². The van der Waals surface area contributed by atoms with Crippen LogP contribution in [-0.4, -0.2) is 32.2 Å². The quantitative estimate of drug-likeness (QED) is 0.746. The first-order valence-electron chi connectivity index (χ1n) is 6.37. The molecule has 3 nitrogen and oxygen atoms in total. The third kappa shape index (κ3) is 2.51. The van der Waals surface area contributed by atoms with Crippen LogP contribution in [0.15, 0.2) is 30.9 Å². The minimum atomic E-state index is 0.475. The van der Waals surface area contributed by atoms with Crippen LogP contribution in [0.5, 0.6) is 11.5 Å². The van der Waals surface area contributed by atoms with E-state index in [0.717, 1.165) is 24.6 Å². The van der Waals surface area contributed by atoms with Gasteiger partial charge in [0.2, 0.25) is 0 Å². The van der Waals surface area contributed by atoms with Crippen LogP contribution in [0.4, 0.5) is 0 Å². The summed E-state index contributed by atoms with van der Waals surface area (Å²) in [6.45, 7) is 5.91. The summed E-state index contributed by atoms with van der Waals surface area (Å²) >= 11 is 0. The first kappa shape index (κ1) is 13.0. The molecule has 98 valence electrons. The zero-order chi connectivity index (χ0) is 13.0. The van der Waals surface area contributed by atoms with Crippen molar-refractivity contribution in [2.45, 2.75) is 18.9 Å². The van der Waals surface area contributed by atoms with Crippen molar-refractivity contribution >= 4 is 0 Å². The maximum absolute atomic E-state index is 5.37. The van der Waals surface area contributed by atoms with Crippen LogP contribution in [0, 0.1) is 0 Å². The molecule has 1 aromatic carbocycles. The molecule has 1 heterocycles. The largest absolute Gasteiger partial charge is 0.493 e. The highest BCUT2D eigenvalue weighted by Crippen LogP contribution is 2.36. The van der Waals surface area contributed by atoms with Gasteiger partial charge in [-0.25, -0.2) is 0 Å². The van der Waals surface area contributed by atoms with E-state index in [1.165, 1.54) is 18.4 Å². The summed E-state index contributed by atoms with van der Waals surface area (Å²) in [6, 6.07) is 6.68. The summed E-state index contributed by atoms with van der Waals surface area (Å²) in [5.74, 6) is 1.59. The Bertz CT molecular complexity index is 417. The van der Waals surface area contributed by atoms with Crippen molar-refractivity contribution in [3.05, 3.63) is 36.4 Å². The molecule has 3 heteroatoms.